The number of halogens is 1. The van der Waals surface area contributed by atoms with E-state index >= 15 is 0 Å². The molecular formula is C20H21FN2O. The molecule has 0 spiro atoms. The fraction of sp³-hybridized carbons (Fsp3) is 0.250. The molecule has 124 valence electrons. The van der Waals surface area contributed by atoms with Crippen molar-refractivity contribution in [3.05, 3.63) is 65.6 Å². The van der Waals surface area contributed by atoms with Gasteiger partial charge in [-0.1, -0.05) is 32.9 Å². The highest BCUT2D eigenvalue weighted by Gasteiger charge is 2.14. The molecule has 0 atom stereocenters. The first-order chi connectivity index (χ1) is 11.3. The average Bonchev–Trinajstić information content (AvgIpc) is 2.89. The number of carbonyl (C=O) groups excluding carboxylic acids is 1. The largest absolute Gasteiger partial charge is 0.361 e. The second-order valence-electron chi connectivity index (χ2n) is 7.06. The molecule has 24 heavy (non-hydrogen) atoms. The van der Waals surface area contributed by atoms with Gasteiger partial charge in [0.1, 0.15) is 5.82 Å². The van der Waals surface area contributed by atoms with Crippen LogP contribution < -0.4 is 5.32 Å². The van der Waals surface area contributed by atoms with E-state index in [1.54, 1.807) is 12.3 Å². The number of hydrogen-bond acceptors (Lipinski definition) is 1. The predicted octanol–water partition coefficient (Wildman–Crippen LogP) is 4.79. The molecule has 1 aromatic heterocycles. The summed E-state index contributed by atoms with van der Waals surface area (Å²) in [5, 5.41) is 3.64. The molecule has 0 fully saturated rings. The SMILES string of the molecule is CC(C)(C)c1ccc(NC(=O)Cc2c[nH]c3ccc(F)cc23)cc1. The maximum atomic E-state index is 13.4. The third kappa shape index (κ3) is 3.48. The van der Waals surface area contributed by atoms with E-state index in [0.717, 1.165) is 22.2 Å². The molecule has 1 heterocycles. The lowest BCUT2D eigenvalue weighted by atomic mass is 9.87. The summed E-state index contributed by atoms with van der Waals surface area (Å²) < 4.78 is 13.4. The highest BCUT2D eigenvalue weighted by atomic mass is 19.1. The summed E-state index contributed by atoms with van der Waals surface area (Å²) in [6, 6.07) is 12.4. The zero-order valence-electron chi connectivity index (χ0n) is 14.1. The topological polar surface area (TPSA) is 44.9 Å². The number of hydrogen-bond donors (Lipinski definition) is 2. The van der Waals surface area contributed by atoms with Crippen LogP contribution in [0.25, 0.3) is 10.9 Å². The van der Waals surface area contributed by atoms with Crippen molar-refractivity contribution in [3.63, 3.8) is 0 Å². The van der Waals surface area contributed by atoms with Gasteiger partial charge in [0.15, 0.2) is 0 Å². The van der Waals surface area contributed by atoms with E-state index < -0.39 is 0 Å². The molecule has 4 heteroatoms. The second kappa shape index (κ2) is 6.11. The molecule has 0 radical (unpaired) electrons. The van der Waals surface area contributed by atoms with Gasteiger partial charge in [0.25, 0.3) is 0 Å². The Kier molecular flexibility index (Phi) is 4.14. The summed E-state index contributed by atoms with van der Waals surface area (Å²) >= 11 is 0. The van der Waals surface area contributed by atoms with E-state index in [2.05, 4.69) is 31.1 Å². The van der Waals surface area contributed by atoms with Crippen molar-refractivity contribution >= 4 is 22.5 Å². The predicted molar refractivity (Wildman–Crippen MR) is 95.7 cm³/mol. The van der Waals surface area contributed by atoms with Crippen molar-refractivity contribution in [1.82, 2.24) is 4.98 Å². The van der Waals surface area contributed by atoms with Crippen molar-refractivity contribution in [2.24, 2.45) is 0 Å². The molecule has 0 saturated carbocycles. The number of benzene rings is 2. The molecule has 2 N–H and O–H groups in total. The molecule has 0 aliphatic rings. The number of carbonyl (C=O) groups is 1. The molecule has 3 nitrogen and oxygen atoms in total. The minimum Gasteiger partial charge on any atom is -0.361 e. The van der Waals surface area contributed by atoms with Crippen molar-refractivity contribution < 1.29 is 9.18 Å². The summed E-state index contributed by atoms with van der Waals surface area (Å²) in [6.45, 7) is 6.45. The van der Waals surface area contributed by atoms with Crippen LogP contribution in [0, 0.1) is 5.82 Å². The van der Waals surface area contributed by atoms with Crippen LogP contribution in [0.4, 0.5) is 10.1 Å². The lowest BCUT2D eigenvalue weighted by Gasteiger charge is -2.19. The van der Waals surface area contributed by atoms with Gasteiger partial charge in [-0.3, -0.25) is 4.79 Å². The fourth-order valence-corrected chi connectivity index (χ4v) is 2.73. The number of H-pyrrole nitrogens is 1. The number of aromatic nitrogens is 1. The number of rotatable bonds is 3. The second-order valence-corrected chi connectivity index (χ2v) is 7.06. The first kappa shape index (κ1) is 16.2. The summed E-state index contributed by atoms with van der Waals surface area (Å²) in [6.07, 6.45) is 1.96. The van der Waals surface area contributed by atoms with Gasteiger partial charge < -0.3 is 10.3 Å². The van der Waals surface area contributed by atoms with Gasteiger partial charge in [-0.15, -0.1) is 0 Å². The Balaban J connectivity index is 1.72. The van der Waals surface area contributed by atoms with Gasteiger partial charge in [0, 0.05) is 22.8 Å². The minimum atomic E-state index is -0.304. The highest BCUT2D eigenvalue weighted by molar-refractivity contribution is 5.95. The molecule has 2 aromatic carbocycles. The Morgan fingerprint density at radius 3 is 2.50 bits per heavy atom. The van der Waals surface area contributed by atoms with Crippen LogP contribution in [0.15, 0.2) is 48.7 Å². The Morgan fingerprint density at radius 2 is 1.83 bits per heavy atom. The molecular weight excluding hydrogens is 303 g/mol. The smallest absolute Gasteiger partial charge is 0.228 e. The van der Waals surface area contributed by atoms with E-state index in [1.165, 1.54) is 17.7 Å². The number of nitrogens with one attached hydrogen (secondary N) is 2. The van der Waals surface area contributed by atoms with Crippen LogP contribution in [0.2, 0.25) is 0 Å². The van der Waals surface area contributed by atoms with E-state index in [9.17, 15) is 9.18 Å². The number of aromatic amines is 1. The lowest BCUT2D eigenvalue weighted by molar-refractivity contribution is -0.115. The normalized spacial score (nSPS) is 11.7. The third-order valence-corrected chi connectivity index (χ3v) is 4.12. The molecule has 0 saturated heterocycles. The summed E-state index contributed by atoms with van der Waals surface area (Å²) in [5.74, 6) is -0.426. The van der Waals surface area contributed by atoms with Gasteiger partial charge in [0.2, 0.25) is 5.91 Å². The lowest BCUT2D eigenvalue weighted by Crippen LogP contribution is -2.15. The molecule has 0 aliphatic heterocycles. The van der Waals surface area contributed by atoms with Crippen LogP contribution in [-0.2, 0) is 16.6 Å². The van der Waals surface area contributed by atoms with Crippen LogP contribution in [0.3, 0.4) is 0 Å². The van der Waals surface area contributed by atoms with Crippen molar-refractivity contribution in [1.29, 1.82) is 0 Å². The fourth-order valence-electron chi connectivity index (χ4n) is 2.73. The highest BCUT2D eigenvalue weighted by Crippen LogP contribution is 2.24. The maximum Gasteiger partial charge on any atom is 0.228 e. The van der Waals surface area contributed by atoms with Crippen molar-refractivity contribution in [3.8, 4) is 0 Å². The number of amides is 1. The zero-order valence-corrected chi connectivity index (χ0v) is 14.1. The number of anilines is 1. The molecule has 0 aliphatic carbocycles. The first-order valence-corrected chi connectivity index (χ1v) is 7.99. The molecule has 3 rings (SSSR count). The Hall–Kier alpha value is -2.62. The minimum absolute atomic E-state index is 0.0800. The van der Waals surface area contributed by atoms with E-state index in [0.29, 0.717) is 0 Å². The zero-order chi connectivity index (χ0) is 17.3. The van der Waals surface area contributed by atoms with Crippen LogP contribution in [0.5, 0.6) is 0 Å². The van der Waals surface area contributed by atoms with Crippen LogP contribution in [-0.4, -0.2) is 10.9 Å². The summed E-state index contributed by atoms with van der Waals surface area (Å²) in [5.41, 5.74) is 3.67. The molecule has 3 aromatic rings. The number of fused-ring (bicyclic) bond motifs is 1. The maximum absolute atomic E-state index is 13.4. The quantitative estimate of drug-likeness (QED) is 0.715. The van der Waals surface area contributed by atoms with Crippen LogP contribution >= 0.6 is 0 Å². The molecule has 0 bridgehead atoms. The van der Waals surface area contributed by atoms with E-state index in [1.807, 2.05) is 24.3 Å². The van der Waals surface area contributed by atoms with Gasteiger partial charge in [-0.05, 0) is 46.9 Å². The van der Waals surface area contributed by atoms with Gasteiger partial charge in [0.05, 0.1) is 6.42 Å². The standard InChI is InChI=1S/C20H21FN2O/c1-20(2,3)14-4-7-16(8-5-14)23-19(24)10-13-12-22-18-9-6-15(21)11-17(13)18/h4-9,11-12,22H,10H2,1-3H3,(H,23,24). The van der Waals surface area contributed by atoms with Gasteiger partial charge >= 0.3 is 0 Å². The Morgan fingerprint density at radius 1 is 1.12 bits per heavy atom. The Labute approximate surface area is 140 Å². The molecule has 1 amide bonds. The Bertz CT molecular complexity index is 873. The van der Waals surface area contributed by atoms with Gasteiger partial charge in [-0.25, -0.2) is 4.39 Å². The van der Waals surface area contributed by atoms with Gasteiger partial charge in [-0.2, -0.15) is 0 Å². The van der Waals surface area contributed by atoms with E-state index in [4.69, 9.17) is 0 Å². The van der Waals surface area contributed by atoms with Crippen molar-refractivity contribution in [2.45, 2.75) is 32.6 Å². The monoisotopic (exact) mass is 324 g/mol. The third-order valence-electron chi connectivity index (χ3n) is 4.12. The van der Waals surface area contributed by atoms with Crippen molar-refractivity contribution in [2.75, 3.05) is 5.32 Å². The van der Waals surface area contributed by atoms with E-state index in [-0.39, 0.29) is 23.6 Å². The molecule has 0 unspecified atom stereocenters. The average molecular weight is 324 g/mol. The first-order valence-electron chi connectivity index (χ1n) is 7.99. The summed E-state index contributed by atoms with van der Waals surface area (Å²) in [7, 11) is 0. The van der Waals surface area contributed by atoms with Crippen LogP contribution in [0.1, 0.15) is 31.9 Å². The summed E-state index contributed by atoms with van der Waals surface area (Å²) in [4.78, 5) is 15.3.